The second-order valence-electron chi connectivity index (χ2n) is 7.78. The summed E-state index contributed by atoms with van der Waals surface area (Å²) in [5.74, 6) is 0. The zero-order valence-electron chi connectivity index (χ0n) is 15.8. The van der Waals surface area contributed by atoms with Gasteiger partial charge in [0.15, 0.2) is 0 Å². The van der Waals surface area contributed by atoms with Crippen molar-refractivity contribution in [3.05, 3.63) is 54.1 Å². The fraction of sp³-hybridized carbons (Fsp3) is 0.381. The van der Waals surface area contributed by atoms with Gasteiger partial charge in [0.1, 0.15) is 0 Å². The molecule has 148 valence electrons. The highest BCUT2D eigenvalue weighted by Gasteiger charge is 2.39. The Hall–Kier alpha value is -2.54. The van der Waals surface area contributed by atoms with Gasteiger partial charge in [-0.2, -0.15) is 0 Å². The van der Waals surface area contributed by atoms with E-state index in [4.69, 9.17) is 0 Å². The third-order valence-electron chi connectivity index (χ3n) is 6.07. The summed E-state index contributed by atoms with van der Waals surface area (Å²) in [5.41, 5.74) is 1.99. The summed E-state index contributed by atoms with van der Waals surface area (Å²) < 4.78 is 25.8. The summed E-state index contributed by atoms with van der Waals surface area (Å²) in [7, 11) is -3.53. The van der Waals surface area contributed by atoms with Crippen LogP contribution in [-0.4, -0.2) is 49.7 Å². The zero-order chi connectivity index (χ0) is 19.9. The molecule has 0 unspecified atom stereocenters. The van der Waals surface area contributed by atoms with E-state index in [1.165, 1.54) is 4.90 Å². The maximum atomic E-state index is 12.9. The van der Waals surface area contributed by atoms with Gasteiger partial charge in [0.2, 0.25) is 9.84 Å². The molecule has 1 N–H and O–H groups in total. The van der Waals surface area contributed by atoms with Crippen LogP contribution in [0.15, 0.2) is 58.3 Å². The van der Waals surface area contributed by atoms with Gasteiger partial charge in [0.25, 0.3) is 0 Å². The molecule has 2 aromatic rings. The third-order valence-corrected chi connectivity index (χ3v) is 7.84. The van der Waals surface area contributed by atoms with Crippen molar-refractivity contribution >= 4 is 21.6 Å². The predicted molar refractivity (Wildman–Crippen MR) is 107 cm³/mol. The van der Waals surface area contributed by atoms with Gasteiger partial charge in [-0.25, -0.2) is 13.2 Å². The number of sulfone groups is 1. The highest BCUT2D eigenvalue weighted by molar-refractivity contribution is 7.91. The fourth-order valence-electron chi connectivity index (χ4n) is 4.29. The first kappa shape index (κ1) is 18.8. The normalized spacial score (nSPS) is 18.8. The topological polar surface area (TPSA) is 77.9 Å². The van der Waals surface area contributed by atoms with E-state index < -0.39 is 15.9 Å². The second-order valence-corrected chi connectivity index (χ2v) is 9.72. The maximum Gasteiger partial charge on any atom is 0.407 e. The number of hydrogen-bond acceptors (Lipinski definition) is 4. The molecule has 2 aliphatic heterocycles. The third kappa shape index (κ3) is 3.13. The molecule has 0 aliphatic carbocycles. The maximum absolute atomic E-state index is 12.9. The van der Waals surface area contributed by atoms with E-state index in [0.717, 1.165) is 37.1 Å². The van der Waals surface area contributed by atoms with E-state index in [1.54, 1.807) is 42.5 Å². The lowest BCUT2D eigenvalue weighted by atomic mass is 9.87. The molecule has 2 aromatic carbocycles. The Labute approximate surface area is 165 Å². The van der Waals surface area contributed by atoms with E-state index in [0.29, 0.717) is 22.9 Å². The Balaban J connectivity index is 1.60. The van der Waals surface area contributed by atoms with Crippen molar-refractivity contribution in [3.63, 3.8) is 0 Å². The molecular formula is C21H24N2O4S. The molecule has 1 fully saturated rings. The Bertz CT molecular complexity index is 996. The first-order valence-electron chi connectivity index (χ1n) is 9.50. The van der Waals surface area contributed by atoms with Gasteiger partial charge in [0.05, 0.1) is 9.79 Å². The molecule has 0 saturated carbocycles. The Morgan fingerprint density at radius 2 is 1.68 bits per heavy atom. The van der Waals surface area contributed by atoms with Gasteiger partial charge < -0.3 is 14.9 Å². The van der Waals surface area contributed by atoms with Gasteiger partial charge >= 0.3 is 6.09 Å². The summed E-state index contributed by atoms with van der Waals surface area (Å²) in [6.07, 6.45) is 1.47. The number of carbonyl (C=O) groups is 1. The molecule has 0 bridgehead atoms. The van der Waals surface area contributed by atoms with Crippen LogP contribution in [0.4, 0.5) is 10.5 Å². The summed E-state index contributed by atoms with van der Waals surface area (Å²) >= 11 is 0. The SMILES string of the molecule is CC1(N2CCc3cc(S(=O)(=O)c4ccccc4)ccc32)CCN(C(=O)O)CC1. The largest absolute Gasteiger partial charge is 0.465 e. The first-order chi connectivity index (χ1) is 13.3. The number of hydrogen-bond donors (Lipinski definition) is 1. The van der Waals surface area contributed by atoms with Gasteiger partial charge in [0, 0.05) is 30.9 Å². The molecule has 6 nitrogen and oxygen atoms in total. The Kier molecular flexibility index (Phi) is 4.57. The number of anilines is 1. The molecule has 7 heteroatoms. The van der Waals surface area contributed by atoms with Crippen LogP contribution in [-0.2, 0) is 16.3 Å². The minimum atomic E-state index is -3.53. The van der Waals surface area contributed by atoms with E-state index in [-0.39, 0.29) is 5.54 Å². The van der Waals surface area contributed by atoms with Crippen molar-refractivity contribution in [2.24, 2.45) is 0 Å². The molecule has 0 radical (unpaired) electrons. The molecule has 1 saturated heterocycles. The van der Waals surface area contributed by atoms with Gasteiger partial charge in [-0.05, 0) is 62.1 Å². The van der Waals surface area contributed by atoms with Crippen LogP contribution in [0.5, 0.6) is 0 Å². The number of benzene rings is 2. The highest BCUT2D eigenvalue weighted by Crippen LogP contribution is 2.40. The van der Waals surface area contributed by atoms with Crippen molar-refractivity contribution in [1.82, 2.24) is 4.90 Å². The number of nitrogens with zero attached hydrogens (tertiary/aromatic N) is 2. The smallest absolute Gasteiger partial charge is 0.407 e. The molecule has 4 rings (SSSR count). The molecule has 0 atom stereocenters. The molecule has 2 aliphatic rings. The van der Waals surface area contributed by atoms with E-state index in [2.05, 4.69) is 11.8 Å². The van der Waals surface area contributed by atoms with Gasteiger partial charge in [-0.15, -0.1) is 0 Å². The van der Waals surface area contributed by atoms with E-state index in [9.17, 15) is 18.3 Å². The monoisotopic (exact) mass is 400 g/mol. The molecule has 1 amide bonds. The number of piperidine rings is 1. The summed E-state index contributed by atoms with van der Waals surface area (Å²) in [6, 6.07) is 13.9. The molecule has 28 heavy (non-hydrogen) atoms. The predicted octanol–water partition coefficient (Wildman–Crippen LogP) is 3.41. The van der Waals surface area contributed by atoms with Gasteiger partial charge in [-0.1, -0.05) is 18.2 Å². The van der Waals surface area contributed by atoms with Crippen molar-refractivity contribution in [1.29, 1.82) is 0 Å². The minimum absolute atomic E-state index is 0.114. The zero-order valence-corrected chi connectivity index (χ0v) is 16.7. The van der Waals surface area contributed by atoms with Crippen LogP contribution in [0.25, 0.3) is 0 Å². The molecular weight excluding hydrogens is 376 g/mol. The lowest BCUT2D eigenvalue weighted by molar-refractivity contribution is 0.119. The summed E-state index contributed by atoms with van der Waals surface area (Å²) in [4.78, 5) is 15.6. The van der Waals surface area contributed by atoms with Crippen molar-refractivity contribution in [3.8, 4) is 0 Å². The fourth-order valence-corrected chi connectivity index (χ4v) is 5.62. The number of carboxylic acid groups (broad SMARTS) is 1. The number of amides is 1. The number of rotatable bonds is 3. The van der Waals surface area contributed by atoms with E-state index >= 15 is 0 Å². The van der Waals surface area contributed by atoms with Crippen molar-refractivity contribution < 1.29 is 18.3 Å². The average molecular weight is 401 g/mol. The standard InChI is InChI=1S/C21H24N2O4S/c1-21(10-13-22(14-11-21)20(24)25)23-12-9-16-15-18(7-8-19(16)23)28(26,27)17-5-3-2-4-6-17/h2-8,15H,9-14H2,1H3,(H,24,25). The van der Waals surface area contributed by atoms with Crippen molar-refractivity contribution in [2.45, 2.75) is 41.5 Å². The lowest BCUT2D eigenvalue weighted by Crippen LogP contribution is -2.54. The number of fused-ring (bicyclic) bond motifs is 1. The molecule has 0 spiro atoms. The van der Waals surface area contributed by atoms with Crippen LogP contribution < -0.4 is 4.90 Å². The highest BCUT2D eigenvalue weighted by atomic mass is 32.2. The summed E-state index contributed by atoms with van der Waals surface area (Å²) in [5, 5.41) is 9.19. The minimum Gasteiger partial charge on any atom is -0.465 e. The lowest BCUT2D eigenvalue weighted by Gasteiger charge is -2.46. The Morgan fingerprint density at radius 3 is 2.32 bits per heavy atom. The Morgan fingerprint density at radius 1 is 1.00 bits per heavy atom. The van der Waals surface area contributed by atoms with Crippen LogP contribution in [0.3, 0.4) is 0 Å². The van der Waals surface area contributed by atoms with E-state index in [1.807, 2.05) is 6.07 Å². The van der Waals surface area contributed by atoms with Crippen LogP contribution in [0, 0.1) is 0 Å². The second kappa shape index (κ2) is 6.81. The van der Waals surface area contributed by atoms with Gasteiger partial charge in [-0.3, -0.25) is 0 Å². The molecule has 0 aromatic heterocycles. The van der Waals surface area contributed by atoms with Crippen molar-refractivity contribution in [2.75, 3.05) is 24.5 Å². The molecule has 2 heterocycles. The van der Waals surface area contributed by atoms with Crippen LogP contribution in [0.1, 0.15) is 25.3 Å². The summed E-state index contributed by atoms with van der Waals surface area (Å²) in [6.45, 7) is 4.06. The number of likely N-dealkylation sites (tertiary alicyclic amines) is 1. The van der Waals surface area contributed by atoms with Crippen LogP contribution in [0.2, 0.25) is 0 Å². The quantitative estimate of drug-likeness (QED) is 0.854. The van der Waals surface area contributed by atoms with Crippen LogP contribution >= 0.6 is 0 Å². The average Bonchev–Trinajstić information content (AvgIpc) is 3.13. The first-order valence-corrected chi connectivity index (χ1v) is 11.0.